The number of methoxy groups -OCH3 is 2. The lowest BCUT2D eigenvalue weighted by molar-refractivity contribution is 0.192. The molecule has 8 heteroatoms. The first kappa shape index (κ1) is 22.3. The fourth-order valence-electron chi connectivity index (χ4n) is 3.64. The molecule has 2 aromatic carbocycles. The highest BCUT2D eigenvalue weighted by molar-refractivity contribution is 6.00. The van der Waals surface area contributed by atoms with Gasteiger partial charge in [-0.15, -0.1) is 0 Å². The van der Waals surface area contributed by atoms with Crippen molar-refractivity contribution < 1.29 is 19.1 Å². The van der Waals surface area contributed by atoms with Crippen molar-refractivity contribution in [3.63, 3.8) is 0 Å². The predicted molar refractivity (Wildman–Crippen MR) is 121 cm³/mol. The first-order chi connectivity index (χ1) is 14.9. The first-order valence-corrected chi connectivity index (χ1v) is 10.4. The SMILES string of the molecule is CCNC(=O)Nc1cc(C)ccc1N1CCCN(Cc2cc(OC)cc(OC)c2)C1=O. The van der Waals surface area contributed by atoms with Gasteiger partial charge in [-0.3, -0.25) is 4.90 Å². The summed E-state index contributed by atoms with van der Waals surface area (Å²) in [5.74, 6) is 1.37. The molecule has 166 valence electrons. The molecule has 0 radical (unpaired) electrons. The number of aryl methyl sites for hydroxylation is 1. The van der Waals surface area contributed by atoms with Crippen molar-refractivity contribution in [3.05, 3.63) is 47.5 Å². The average Bonchev–Trinajstić information content (AvgIpc) is 2.75. The van der Waals surface area contributed by atoms with Crippen LogP contribution in [-0.2, 0) is 6.54 Å². The van der Waals surface area contributed by atoms with E-state index in [-0.39, 0.29) is 12.1 Å². The summed E-state index contributed by atoms with van der Waals surface area (Å²) in [5.41, 5.74) is 3.23. The molecule has 0 unspecified atom stereocenters. The van der Waals surface area contributed by atoms with E-state index in [4.69, 9.17) is 9.47 Å². The van der Waals surface area contributed by atoms with Gasteiger partial charge in [0.2, 0.25) is 0 Å². The van der Waals surface area contributed by atoms with Gasteiger partial charge in [0, 0.05) is 32.2 Å². The number of carbonyl (C=O) groups is 2. The summed E-state index contributed by atoms with van der Waals surface area (Å²) in [6.07, 6.45) is 0.821. The van der Waals surface area contributed by atoms with Crippen molar-refractivity contribution in [1.29, 1.82) is 0 Å². The fraction of sp³-hybridized carbons (Fsp3) is 0.391. The third-order valence-electron chi connectivity index (χ3n) is 5.12. The summed E-state index contributed by atoms with van der Waals surface area (Å²) in [6.45, 7) is 6.01. The molecule has 0 bridgehead atoms. The molecule has 0 saturated carbocycles. The molecule has 31 heavy (non-hydrogen) atoms. The number of hydrogen-bond donors (Lipinski definition) is 2. The van der Waals surface area contributed by atoms with Crippen LogP contribution in [0.5, 0.6) is 11.5 Å². The number of urea groups is 2. The zero-order chi connectivity index (χ0) is 22.4. The molecule has 4 amide bonds. The first-order valence-electron chi connectivity index (χ1n) is 10.4. The van der Waals surface area contributed by atoms with Crippen LogP contribution in [-0.4, -0.2) is 50.8 Å². The number of rotatable bonds is 7. The van der Waals surface area contributed by atoms with E-state index in [9.17, 15) is 9.59 Å². The van der Waals surface area contributed by atoms with Gasteiger partial charge in [0.15, 0.2) is 0 Å². The van der Waals surface area contributed by atoms with Crippen molar-refractivity contribution in [2.24, 2.45) is 0 Å². The summed E-state index contributed by atoms with van der Waals surface area (Å²) in [7, 11) is 3.21. The van der Waals surface area contributed by atoms with E-state index in [1.807, 2.05) is 44.2 Å². The zero-order valence-electron chi connectivity index (χ0n) is 18.5. The predicted octanol–water partition coefficient (Wildman–Crippen LogP) is 3.99. The van der Waals surface area contributed by atoms with Gasteiger partial charge in [-0.25, -0.2) is 9.59 Å². The normalized spacial score (nSPS) is 13.7. The monoisotopic (exact) mass is 426 g/mol. The van der Waals surface area contributed by atoms with Gasteiger partial charge in [0.25, 0.3) is 0 Å². The Morgan fingerprint density at radius 2 is 1.77 bits per heavy atom. The van der Waals surface area contributed by atoms with E-state index < -0.39 is 0 Å². The van der Waals surface area contributed by atoms with Crippen LogP contribution in [0.3, 0.4) is 0 Å². The summed E-state index contributed by atoms with van der Waals surface area (Å²) in [6, 6.07) is 10.9. The number of hydrogen-bond acceptors (Lipinski definition) is 4. The fourth-order valence-corrected chi connectivity index (χ4v) is 3.64. The van der Waals surface area contributed by atoms with E-state index >= 15 is 0 Å². The molecule has 1 aliphatic heterocycles. The standard InChI is InChI=1S/C23H30N4O4/c1-5-24-22(28)25-20-11-16(2)7-8-21(20)27-10-6-9-26(23(27)29)15-17-12-18(30-3)14-19(13-17)31-4/h7-8,11-14H,5-6,9-10,15H2,1-4H3,(H2,24,25,28). The number of carbonyl (C=O) groups excluding carboxylic acids is 2. The molecule has 1 saturated heterocycles. The maximum Gasteiger partial charge on any atom is 0.324 e. The van der Waals surface area contributed by atoms with E-state index in [1.54, 1.807) is 30.1 Å². The second-order valence-electron chi connectivity index (χ2n) is 7.44. The number of anilines is 2. The molecule has 1 fully saturated rings. The molecule has 0 spiro atoms. The molecule has 2 aromatic rings. The summed E-state index contributed by atoms with van der Waals surface area (Å²) in [4.78, 5) is 29.0. The minimum atomic E-state index is -0.292. The zero-order valence-corrected chi connectivity index (χ0v) is 18.5. The maximum atomic E-state index is 13.3. The van der Waals surface area contributed by atoms with Crippen molar-refractivity contribution in [3.8, 4) is 11.5 Å². The van der Waals surface area contributed by atoms with E-state index in [0.717, 1.165) is 17.5 Å². The molecular formula is C23H30N4O4. The van der Waals surface area contributed by atoms with Gasteiger partial charge in [-0.05, 0) is 55.7 Å². The van der Waals surface area contributed by atoms with Crippen LogP contribution in [0.1, 0.15) is 24.5 Å². The van der Waals surface area contributed by atoms with Crippen molar-refractivity contribution in [1.82, 2.24) is 10.2 Å². The van der Waals surface area contributed by atoms with Gasteiger partial charge in [0.05, 0.1) is 25.6 Å². The minimum Gasteiger partial charge on any atom is -0.497 e. The number of benzene rings is 2. The summed E-state index contributed by atoms with van der Waals surface area (Å²) in [5, 5.41) is 5.60. The second kappa shape index (κ2) is 10.1. The lowest BCUT2D eigenvalue weighted by Crippen LogP contribution is -2.49. The molecule has 0 aliphatic carbocycles. The van der Waals surface area contributed by atoms with Crippen LogP contribution in [0.25, 0.3) is 0 Å². The highest BCUT2D eigenvalue weighted by Crippen LogP contribution is 2.31. The quantitative estimate of drug-likeness (QED) is 0.701. The number of ether oxygens (including phenoxy) is 2. The van der Waals surface area contributed by atoms with Crippen molar-refractivity contribution in [2.75, 3.05) is 44.1 Å². The summed E-state index contributed by atoms with van der Waals surface area (Å²) < 4.78 is 10.7. The summed E-state index contributed by atoms with van der Waals surface area (Å²) >= 11 is 0. The molecule has 1 aliphatic rings. The van der Waals surface area contributed by atoms with Gasteiger partial charge in [0.1, 0.15) is 11.5 Å². The largest absolute Gasteiger partial charge is 0.497 e. The van der Waals surface area contributed by atoms with E-state index in [1.165, 1.54) is 0 Å². The van der Waals surface area contributed by atoms with Crippen LogP contribution in [0.2, 0.25) is 0 Å². The Hall–Kier alpha value is -3.42. The molecule has 0 atom stereocenters. The Labute approximate surface area is 183 Å². The molecule has 3 rings (SSSR count). The smallest absolute Gasteiger partial charge is 0.324 e. The van der Waals surface area contributed by atoms with Gasteiger partial charge in [-0.2, -0.15) is 0 Å². The average molecular weight is 427 g/mol. The van der Waals surface area contributed by atoms with Crippen LogP contribution in [0.4, 0.5) is 21.0 Å². The van der Waals surface area contributed by atoms with Crippen molar-refractivity contribution in [2.45, 2.75) is 26.8 Å². The maximum absolute atomic E-state index is 13.3. The number of nitrogens with zero attached hydrogens (tertiary/aromatic N) is 2. The molecular weight excluding hydrogens is 396 g/mol. The Kier molecular flexibility index (Phi) is 7.23. The van der Waals surface area contributed by atoms with Crippen LogP contribution >= 0.6 is 0 Å². The Balaban J connectivity index is 1.84. The Morgan fingerprint density at radius 3 is 2.42 bits per heavy atom. The highest BCUT2D eigenvalue weighted by Gasteiger charge is 2.29. The van der Waals surface area contributed by atoms with Gasteiger partial charge >= 0.3 is 12.1 Å². The molecule has 1 heterocycles. The van der Waals surface area contributed by atoms with Crippen LogP contribution in [0.15, 0.2) is 36.4 Å². The number of nitrogens with one attached hydrogen (secondary N) is 2. The van der Waals surface area contributed by atoms with Crippen LogP contribution in [0, 0.1) is 6.92 Å². The third-order valence-corrected chi connectivity index (χ3v) is 5.12. The minimum absolute atomic E-state index is 0.101. The molecule has 2 N–H and O–H groups in total. The Bertz CT molecular complexity index is 925. The highest BCUT2D eigenvalue weighted by atomic mass is 16.5. The molecule has 0 aromatic heterocycles. The van der Waals surface area contributed by atoms with E-state index in [0.29, 0.717) is 49.1 Å². The van der Waals surface area contributed by atoms with Gasteiger partial charge in [-0.1, -0.05) is 6.07 Å². The topological polar surface area (TPSA) is 83.1 Å². The second-order valence-corrected chi connectivity index (χ2v) is 7.44. The van der Waals surface area contributed by atoms with Crippen LogP contribution < -0.4 is 25.0 Å². The Morgan fingerprint density at radius 1 is 1.06 bits per heavy atom. The third kappa shape index (κ3) is 5.39. The van der Waals surface area contributed by atoms with Crippen molar-refractivity contribution >= 4 is 23.4 Å². The number of amides is 4. The van der Waals surface area contributed by atoms with E-state index in [2.05, 4.69) is 10.6 Å². The lowest BCUT2D eigenvalue weighted by Gasteiger charge is -2.36. The van der Waals surface area contributed by atoms with Gasteiger partial charge < -0.3 is 25.0 Å². The molecule has 8 nitrogen and oxygen atoms in total. The lowest BCUT2D eigenvalue weighted by atomic mass is 10.1.